The first-order chi connectivity index (χ1) is 20.3. The molecule has 0 N–H and O–H groups in total. The highest BCUT2D eigenvalue weighted by atomic mass is 16.7. The molecule has 0 bridgehead atoms. The molecule has 11 heteroatoms. The fourth-order valence-electron chi connectivity index (χ4n) is 9.09. The van der Waals surface area contributed by atoms with E-state index in [1.807, 2.05) is 6.08 Å². The van der Waals surface area contributed by atoms with Crippen molar-refractivity contribution in [1.82, 2.24) is 0 Å². The van der Waals surface area contributed by atoms with Gasteiger partial charge in [0.2, 0.25) is 0 Å². The lowest BCUT2D eigenvalue weighted by Gasteiger charge is -2.58. The SMILES string of the molecule is COC(=O)[C@H]1O[C@@H](O[C@H]2CC[C@H]3[C@@H]4CCC5=CC(=O)CC[C@]5(C)[C@H]4CC[C@]23C)[C@H](OC(C)=O)[C@@H](OC(C)=O)[C@@H]1OC(C)=O. The van der Waals surface area contributed by atoms with Crippen LogP contribution in [0.1, 0.15) is 86.0 Å². The minimum Gasteiger partial charge on any atom is -0.467 e. The van der Waals surface area contributed by atoms with Crippen molar-refractivity contribution in [3.05, 3.63) is 11.6 Å². The van der Waals surface area contributed by atoms with Gasteiger partial charge >= 0.3 is 23.9 Å². The number of fused-ring (bicyclic) bond motifs is 5. The molecule has 11 nitrogen and oxygen atoms in total. The summed E-state index contributed by atoms with van der Waals surface area (Å²) in [6.07, 6.45) is 1.84. The summed E-state index contributed by atoms with van der Waals surface area (Å²) in [6, 6.07) is 0. The first-order valence-corrected chi connectivity index (χ1v) is 15.4. The molecule has 43 heavy (non-hydrogen) atoms. The highest BCUT2D eigenvalue weighted by molar-refractivity contribution is 5.91. The van der Waals surface area contributed by atoms with E-state index in [9.17, 15) is 24.0 Å². The summed E-state index contributed by atoms with van der Waals surface area (Å²) >= 11 is 0. The van der Waals surface area contributed by atoms with Crippen LogP contribution in [0.4, 0.5) is 0 Å². The van der Waals surface area contributed by atoms with Gasteiger partial charge in [-0.05, 0) is 79.6 Å². The van der Waals surface area contributed by atoms with Crippen LogP contribution in [-0.4, -0.2) is 73.6 Å². The predicted octanol–water partition coefficient (Wildman–Crippen LogP) is 3.60. The number of rotatable bonds is 6. The van der Waals surface area contributed by atoms with Crippen LogP contribution in [-0.2, 0) is 52.4 Å². The lowest BCUT2D eigenvalue weighted by atomic mass is 9.47. The standard InChI is InChI=1S/C32H44O11/c1-16(33)39-25-26(40-17(2)34)28(41-18(3)35)30(43-27(25)29(37)38-6)42-24-10-9-22-21-8-7-19-15-20(36)11-13-31(19,4)23(21)12-14-32(22,24)5/h15,21-28,30H,7-14H2,1-6H3/t21-,22-,23-,24-,25-,26-,27-,28+,30+,31-,32-/m0/s1. The van der Waals surface area contributed by atoms with Crippen molar-refractivity contribution in [2.45, 2.75) is 123 Å². The minimum absolute atomic E-state index is 0.0424. The number of ketones is 1. The molecule has 1 aliphatic heterocycles. The van der Waals surface area contributed by atoms with E-state index in [0.29, 0.717) is 24.2 Å². The lowest BCUT2D eigenvalue weighted by molar-refractivity contribution is -0.317. The molecule has 0 aromatic carbocycles. The maximum Gasteiger partial charge on any atom is 0.339 e. The Hall–Kier alpha value is -2.79. The zero-order valence-electron chi connectivity index (χ0n) is 25.9. The molecular weight excluding hydrogens is 560 g/mol. The third-order valence-corrected chi connectivity index (χ3v) is 11.0. The highest BCUT2D eigenvalue weighted by Gasteiger charge is 2.62. The second-order valence-corrected chi connectivity index (χ2v) is 13.4. The number of hydrogen-bond acceptors (Lipinski definition) is 11. The van der Waals surface area contributed by atoms with E-state index in [0.717, 1.165) is 51.9 Å². The monoisotopic (exact) mass is 604 g/mol. The Bertz CT molecular complexity index is 1190. The third-order valence-electron chi connectivity index (χ3n) is 11.0. The quantitative estimate of drug-likeness (QED) is 0.324. The molecular formula is C32H44O11. The average molecular weight is 605 g/mol. The summed E-state index contributed by atoms with van der Waals surface area (Å²) in [6.45, 7) is 8.11. The van der Waals surface area contributed by atoms with Gasteiger partial charge in [-0.1, -0.05) is 19.4 Å². The van der Waals surface area contributed by atoms with E-state index in [1.54, 1.807) is 0 Å². The van der Waals surface area contributed by atoms with Crippen molar-refractivity contribution in [3.63, 3.8) is 0 Å². The van der Waals surface area contributed by atoms with Gasteiger partial charge < -0.3 is 28.4 Å². The number of ether oxygens (including phenoxy) is 6. The van der Waals surface area contributed by atoms with Gasteiger partial charge in [0.15, 0.2) is 36.5 Å². The zero-order chi connectivity index (χ0) is 31.3. The van der Waals surface area contributed by atoms with Crippen LogP contribution in [0, 0.1) is 28.6 Å². The Morgan fingerprint density at radius 2 is 1.47 bits per heavy atom. The van der Waals surface area contributed by atoms with Crippen molar-refractivity contribution >= 4 is 29.7 Å². The van der Waals surface area contributed by atoms with Crippen LogP contribution in [0.3, 0.4) is 0 Å². The predicted molar refractivity (Wildman–Crippen MR) is 149 cm³/mol. The zero-order valence-corrected chi connectivity index (χ0v) is 25.9. The molecule has 3 saturated carbocycles. The molecule has 0 spiro atoms. The minimum atomic E-state index is -1.48. The van der Waals surface area contributed by atoms with Crippen molar-refractivity contribution < 1.29 is 52.4 Å². The molecule has 0 amide bonds. The highest BCUT2D eigenvalue weighted by Crippen LogP contribution is 2.65. The fraction of sp³-hybridized carbons (Fsp3) is 0.781. The van der Waals surface area contributed by atoms with Gasteiger partial charge in [0, 0.05) is 27.2 Å². The average Bonchev–Trinajstić information content (AvgIpc) is 3.26. The normalized spacial score (nSPS) is 42.0. The van der Waals surface area contributed by atoms with Crippen LogP contribution in [0.2, 0.25) is 0 Å². The maximum atomic E-state index is 12.8. The first-order valence-electron chi connectivity index (χ1n) is 15.4. The Labute approximate surface area is 252 Å². The fourth-order valence-corrected chi connectivity index (χ4v) is 9.09. The molecule has 0 aromatic rings. The van der Waals surface area contributed by atoms with E-state index >= 15 is 0 Å². The van der Waals surface area contributed by atoms with Crippen LogP contribution in [0.15, 0.2) is 11.6 Å². The van der Waals surface area contributed by atoms with Crippen molar-refractivity contribution in [2.24, 2.45) is 28.6 Å². The summed E-state index contributed by atoms with van der Waals surface area (Å²) in [5, 5.41) is 0. The lowest BCUT2D eigenvalue weighted by Crippen LogP contribution is -2.64. The largest absolute Gasteiger partial charge is 0.467 e. The molecule has 11 atom stereocenters. The van der Waals surface area contributed by atoms with Gasteiger partial charge in [-0.15, -0.1) is 0 Å². The molecule has 238 valence electrons. The second-order valence-electron chi connectivity index (χ2n) is 13.4. The van der Waals surface area contributed by atoms with Gasteiger partial charge in [-0.25, -0.2) is 4.79 Å². The molecule has 4 fully saturated rings. The maximum absolute atomic E-state index is 12.8. The number of esters is 4. The molecule has 0 aromatic heterocycles. The molecule has 1 saturated heterocycles. The second kappa shape index (κ2) is 12.0. The smallest absolute Gasteiger partial charge is 0.339 e. The number of carbonyl (C=O) groups excluding carboxylic acids is 5. The summed E-state index contributed by atoms with van der Waals surface area (Å²) in [7, 11) is 1.17. The van der Waals surface area contributed by atoms with Gasteiger partial charge in [0.1, 0.15) is 0 Å². The van der Waals surface area contributed by atoms with Crippen LogP contribution < -0.4 is 0 Å². The van der Waals surface area contributed by atoms with Gasteiger partial charge in [0.05, 0.1) is 13.2 Å². The molecule has 0 radical (unpaired) electrons. The number of methoxy groups -OCH3 is 1. The molecule has 0 unspecified atom stereocenters. The van der Waals surface area contributed by atoms with Gasteiger partial charge in [-0.2, -0.15) is 0 Å². The van der Waals surface area contributed by atoms with E-state index in [1.165, 1.54) is 26.5 Å². The Morgan fingerprint density at radius 3 is 2.12 bits per heavy atom. The first kappa shape index (κ1) is 31.6. The Morgan fingerprint density at radius 1 is 0.814 bits per heavy atom. The Kier molecular flexibility index (Phi) is 8.79. The van der Waals surface area contributed by atoms with E-state index in [-0.39, 0.29) is 22.7 Å². The van der Waals surface area contributed by atoms with E-state index in [2.05, 4.69) is 13.8 Å². The van der Waals surface area contributed by atoms with Crippen LogP contribution >= 0.6 is 0 Å². The summed E-state index contributed by atoms with van der Waals surface area (Å²) in [5.74, 6) is -1.38. The number of carbonyl (C=O) groups is 5. The summed E-state index contributed by atoms with van der Waals surface area (Å²) in [5.41, 5.74) is 1.14. The topological polar surface area (TPSA) is 141 Å². The molecule has 5 rings (SSSR count). The molecule has 1 heterocycles. The Balaban J connectivity index is 1.42. The van der Waals surface area contributed by atoms with Crippen LogP contribution in [0.25, 0.3) is 0 Å². The van der Waals surface area contributed by atoms with Crippen LogP contribution in [0.5, 0.6) is 0 Å². The third kappa shape index (κ3) is 5.75. The van der Waals surface area contributed by atoms with Gasteiger partial charge in [0.25, 0.3) is 0 Å². The number of hydrogen-bond donors (Lipinski definition) is 0. The molecule has 4 aliphatic carbocycles. The van der Waals surface area contributed by atoms with Crippen molar-refractivity contribution in [3.8, 4) is 0 Å². The summed E-state index contributed by atoms with van der Waals surface area (Å²) < 4.78 is 34.2. The summed E-state index contributed by atoms with van der Waals surface area (Å²) in [4.78, 5) is 61.5. The van der Waals surface area contributed by atoms with Crippen molar-refractivity contribution in [2.75, 3.05) is 7.11 Å². The van der Waals surface area contributed by atoms with Gasteiger partial charge in [-0.3, -0.25) is 19.2 Å². The number of allylic oxidation sites excluding steroid dienone is 1. The van der Waals surface area contributed by atoms with Crippen molar-refractivity contribution in [1.29, 1.82) is 0 Å². The molecule has 5 aliphatic rings. The van der Waals surface area contributed by atoms with E-state index in [4.69, 9.17) is 28.4 Å². The van der Waals surface area contributed by atoms with E-state index < -0.39 is 54.6 Å².